The van der Waals surface area contributed by atoms with E-state index in [1.165, 1.54) is 0 Å². The molecule has 0 aromatic heterocycles. The second-order valence-electron chi connectivity index (χ2n) is 5.91. The molecule has 0 heterocycles. The molecule has 0 unspecified atom stereocenters. The fourth-order valence-electron chi connectivity index (χ4n) is 2.52. The van der Waals surface area contributed by atoms with Gasteiger partial charge in [-0.15, -0.1) is 0 Å². The summed E-state index contributed by atoms with van der Waals surface area (Å²) in [6.07, 6.45) is 0.323. The summed E-state index contributed by atoms with van der Waals surface area (Å²) >= 11 is 0. The molecule has 0 saturated carbocycles. The Kier molecular flexibility index (Phi) is 5.43. The van der Waals surface area contributed by atoms with Crippen molar-refractivity contribution in [2.24, 2.45) is 0 Å². The lowest BCUT2D eigenvalue weighted by Crippen LogP contribution is -2.31. The summed E-state index contributed by atoms with van der Waals surface area (Å²) in [4.78, 5) is 12.5. The highest BCUT2D eigenvalue weighted by Gasteiger charge is 2.18. The summed E-state index contributed by atoms with van der Waals surface area (Å²) in [7, 11) is 0. The molecule has 1 amide bonds. The summed E-state index contributed by atoms with van der Waals surface area (Å²) in [5.41, 5.74) is 5.32. The average molecular weight is 311 g/mol. The van der Waals surface area contributed by atoms with Crippen LogP contribution in [-0.2, 0) is 11.2 Å². The van der Waals surface area contributed by atoms with Gasteiger partial charge in [0.15, 0.2) is 6.10 Å². The van der Waals surface area contributed by atoms with E-state index in [1.807, 2.05) is 57.2 Å². The van der Waals surface area contributed by atoms with E-state index in [-0.39, 0.29) is 5.91 Å². The molecule has 122 valence electrons. The first-order valence-electron chi connectivity index (χ1n) is 8.06. The lowest BCUT2D eigenvalue weighted by atomic mass is 10.1. The van der Waals surface area contributed by atoms with Gasteiger partial charge in [-0.25, -0.2) is 0 Å². The Morgan fingerprint density at radius 3 is 2.43 bits per heavy atom. The first kappa shape index (κ1) is 17.1. The van der Waals surface area contributed by atoms with Gasteiger partial charge in [0.05, 0.1) is 0 Å². The zero-order chi connectivity index (χ0) is 17.0. The molecule has 2 aromatic carbocycles. The molecule has 1 N–H and O–H groups in total. The van der Waals surface area contributed by atoms with Crippen molar-refractivity contribution >= 4 is 11.6 Å². The molecule has 2 aromatic rings. The quantitative estimate of drug-likeness (QED) is 0.877. The molecule has 3 heteroatoms. The van der Waals surface area contributed by atoms with Crippen molar-refractivity contribution in [2.45, 2.75) is 47.1 Å². The van der Waals surface area contributed by atoms with E-state index < -0.39 is 6.10 Å². The van der Waals surface area contributed by atoms with Crippen LogP contribution in [0, 0.1) is 20.8 Å². The van der Waals surface area contributed by atoms with Crippen molar-refractivity contribution in [1.82, 2.24) is 0 Å². The first-order chi connectivity index (χ1) is 10.9. The van der Waals surface area contributed by atoms with Gasteiger partial charge in [0, 0.05) is 5.69 Å². The van der Waals surface area contributed by atoms with E-state index in [4.69, 9.17) is 4.74 Å². The summed E-state index contributed by atoms with van der Waals surface area (Å²) < 4.78 is 5.86. The summed E-state index contributed by atoms with van der Waals surface area (Å²) in [5, 5.41) is 3.02. The highest BCUT2D eigenvalue weighted by atomic mass is 16.5. The van der Waals surface area contributed by atoms with Crippen LogP contribution in [-0.4, -0.2) is 12.0 Å². The highest BCUT2D eigenvalue weighted by Crippen LogP contribution is 2.24. The van der Waals surface area contributed by atoms with E-state index >= 15 is 0 Å². The second kappa shape index (κ2) is 7.32. The van der Waals surface area contributed by atoms with Crippen LogP contribution in [0.5, 0.6) is 5.75 Å². The zero-order valence-corrected chi connectivity index (χ0v) is 14.6. The number of aryl methyl sites for hydroxylation is 3. The largest absolute Gasteiger partial charge is 0.481 e. The van der Waals surface area contributed by atoms with Gasteiger partial charge >= 0.3 is 0 Å². The van der Waals surface area contributed by atoms with Crippen LogP contribution in [0.15, 0.2) is 36.4 Å². The van der Waals surface area contributed by atoms with Crippen LogP contribution < -0.4 is 10.1 Å². The van der Waals surface area contributed by atoms with Crippen molar-refractivity contribution < 1.29 is 9.53 Å². The van der Waals surface area contributed by atoms with Crippen molar-refractivity contribution in [3.8, 4) is 5.75 Å². The standard InChI is InChI=1S/C20H25NO2/c1-6-17-11-7-10-14(3)19(17)21-20(22)16(5)23-18-12-8-9-13(2)15(18)4/h7-12,16H,6H2,1-5H3,(H,21,22)/t16-/m1/s1. The first-order valence-corrected chi connectivity index (χ1v) is 8.06. The molecule has 23 heavy (non-hydrogen) atoms. The molecule has 0 aliphatic carbocycles. The monoisotopic (exact) mass is 311 g/mol. The number of carbonyl (C=O) groups is 1. The Labute approximate surface area is 138 Å². The Hall–Kier alpha value is -2.29. The normalized spacial score (nSPS) is 11.9. The minimum Gasteiger partial charge on any atom is -0.481 e. The highest BCUT2D eigenvalue weighted by molar-refractivity contribution is 5.95. The van der Waals surface area contributed by atoms with Crippen molar-refractivity contribution in [3.05, 3.63) is 58.7 Å². The second-order valence-corrected chi connectivity index (χ2v) is 5.91. The SMILES string of the molecule is CCc1cccc(C)c1NC(=O)[C@@H](C)Oc1cccc(C)c1C. The van der Waals surface area contributed by atoms with Gasteiger partial charge in [-0.2, -0.15) is 0 Å². The molecule has 0 spiro atoms. The minimum atomic E-state index is -0.556. The topological polar surface area (TPSA) is 38.3 Å². The summed E-state index contributed by atoms with van der Waals surface area (Å²) in [6.45, 7) is 9.91. The third kappa shape index (κ3) is 3.92. The van der Waals surface area contributed by atoms with E-state index in [1.54, 1.807) is 6.92 Å². The molecule has 0 fully saturated rings. The molecule has 0 aliphatic heterocycles. The smallest absolute Gasteiger partial charge is 0.265 e. The van der Waals surface area contributed by atoms with Gasteiger partial charge in [0.2, 0.25) is 0 Å². The maximum absolute atomic E-state index is 12.5. The molecule has 0 aliphatic rings. The van der Waals surface area contributed by atoms with E-state index in [0.29, 0.717) is 0 Å². The maximum Gasteiger partial charge on any atom is 0.265 e. The van der Waals surface area contributed by atoms with Gasteiger partial charge in [-0.1, -0.05) is 37.3 Å². The molecular formula is C20H25NO2. The molecule has 0 saturated heterocycles. The van der Waals surface area contributed by atoms with E-state index in [0.717, 1.165) is 40.1 Å². The van der Waals surface area contributed by atoms with Crippen LogP contribution in [0.2, 0.25) is 0 Å². The third-order valence-corrected chi connectivity index (χ3v) is 4.22. The average Bonchev–Trinajstić information content (AvgIpc) is 2.53. The number of nitrogens with one attached hydrogen (secondary N) is 1. The summed E-state index contributed by atoms with van der Waals surface area (Å²) in [6, 6.07) is 11.9. The number of ether oxygens (including phenoxy) is 1. The number of hydrogen-bond acceptors (Lipinski definition) is 2. The van der Waals surface area contributed by atoms with Crippen molar-refractivity contribution in [3.63, 3.8) is 0 Å². The predicted octanol–water partition coefficient (Wildman–Crippen LogP) is 4.58. The van der Waals surface area contributed by atoms with Crippen LogP contribution in [0.4, 0.5) is 5.69 Å². The Bertz CT molecular complexity index is 707. The Morgan fingerprint density at radius 1 is 1.09 bits per heavy atom. The number of amides is 1. The zero-order valence-electron chi connectivity index (χ0n) is 14.6. The summed E-state index contributed by atoms with van der Waals surface area (Å²) in [5.74, 6) is 0.628. The molecule has 2 rings (SSSR count). The maximum atomic E-state index is 12.5. The third-order valence-electron chi connectivity index (χ3n) is 4.22. The molecule has 0 bridgehead atoms. The van der Waals surface area contributed by atoms with Gasteiger partial charge in [0.25, 0.3) is 5.91 Å². The number of rotatable bonds is 5. The lowest BCUT2D eigenvalue weighted by Gasteiger charge is -2.19. The molecule has 1 atom stereocenters. The van der Waals surface area contributed by atoms with Gasteiger partial charge in [-0.3, -0.25) is 4.79 Å². The Balaban J connectivity index is 2.13. The number of anilines is 1. The minimum absolute atomic E-state index is 0.130. The number of benzene rings is 2. The fourth-order valence-corrected chi connectivity index (χ4v) is 2.52. The van der Waals surface area contributed by atoms with E-state index in [9.17, 15) is 4.79 Å². The molecule has 3 nitrogen and oxygen atoms in total. The predicted molar refractivity (Wildman–Crippen MR) is 95.2 cm³/mol. The number of para-hydroxylation sites is 1. The number of carbonyl (C=O) groups excluding carboxylic acids is 1. The van der Waals surface area contributed by atoms with Gasteiger partial charge < -0.3 is 10.1 Å². The molecular weight excluding hydrogens is 286 g/mol. The van der Waals surface area contributed by atoms with Crippen molar-refractivity contribution in [2.75, 3.05) is 5.32 Å². The van der Waals surface area contributed by atoms with Gasteiger partial charge in [-0.05, 0) is 62.4 Å². The van der Waals surface area contributed by atoms with Crippen LogP contribution in [0.1, 0.15) is 36.1 Å². The van der Waals surface area contributed by atoms with E-state index in [2.05, 4.69) is 12.2 Å². The fraction of sp³-hybridized carbons (Fsp3) is 0.350. The van der Waals surface area contributed by atoms with Gasteiger partial charge in [0.1, 0.15) is 5.75 Å². The molecule has 0 radical (unpaired) electrons. The lowest BCUT2D eigenvalue weighted by molar-refractivity contribution is -0.122. The Morgan fingerprint density at radius 2 is 1.74 bits per heavy atom. The van der Waals surface area contributed by atoms with Crippen LogP contribution in [0.25, 0.3) is 0 Å². The van der Waals surface area contributed by atoms with Crippen molar-refractivity contribution in [1.29, 1.82) is 0 Å². The van der Waals surface area contributed by atoms with Crippen LogP contribution in [0.3, 0.4) is 0 Å². The number of hydrogen-bond donors (Lipinski definition) is 1. The van der Waals surface area contributed by atoms with Crippen LogP contribution >= 0.6 is 0 Å².